The van der Waals surface area contributed by atoms with Crippen molar-refractivity contribution >= 4 is 16.3 Å². The van der Waals surface area contributed by atoms with E-state index in [2.05, 4.69) is 11.4 Å². The van der Waals surface area contributed by atoms with Gasteiger partial charge in [0, 0.05) is 23.4 Å². The molecule has 0 aromatic carbocycles. The fourth-order valence-electron chi connectivity index (χ4n) is 3.45. The molecule has 3 nitrogen and oxygen atoms in total. The molecule has 4 heteroatoms. The lowest BCUT2D eigenvalue weighted by molar-refractivity contribution is 0.248. The number of nitriles is 1. The van der Waals surface area contributed by atoms with Crippen molar-refractivity contribution < 1.29 is 0 Å². The summed E-state index contributed by atoms with van der Waals surface area (Å²) in [5.41, 5.74) is 8.30. The van der Waals surface area contributed by atoms with Crippen LogP contribution in [0.5, 0.6) is 0 Å². The summed E-state index contributed by atoms with van der Waals surface area (Å²) in [6, 6.07) is 2.30. The monoisotopic (exact) mass is 217 g/mol. The topological polar surface area (TPSA) is 61.8 Å². The van der Waals surface area contributed by atoms with Crippen molar-refractivity contribution in [2.24, 2.45) is 5.92 Å². The molecule has 3 aliphatic rings. The molecule has 0 radical (unpaired) electrons. The van der Waals surface area contributed by atoms with Gasteiger partial charge in [0.05, 0.1) is 5.56 Å². The van der Waals surface area contributed by atoms with E-state index in [1.54, 1.807) is 11.3 Å². The second kappa shape index (κ2) is 2.21. The first-order chi connectivity index (χ1) is 7.28. The highest BCUT2D eigenvalue weighted by atomic mass is 32.1. The fourth-order valence-corrected chi connectivity index (χ4v) is 4.75. The van der Waals surface area contributed by atoms with E-state index in [1.807, 2.05) is 0 Å². The normalized spacial score (nSPS) is 33.0. The molecule has 3 N–H and O–H groups in total. The van der Waals surface area contributed by atoms with Gasteiger partial charge in [0.2, 0.25) is 0 Å². The molecule has 0 amide bonds. The molecule has 4 rings (SSSR count). The second-order valence-corrected chi connectivity index (χ2v) is 5.98. The Morgan fingerprint density at radius 3 is 2.93 bits per heavy atom. The van der Waals surface area contributed by atoms with Crippen molar-refractivity contribution in [3.63, 3.8) is 0 Å². The minimum Gasteiger partial charge on any atom is -0.389 e. The van der Waals surface area contributed by atoms with E-state index in [4.69, 9.17) is 5.73 Å². The third-order valence-corrected chi connectivity index (χ3v) is 5.44. The lowest BCUT2D eigenvalue weighted by atomic mass is 9.73. The molecule has 76 valence electrons. The van der Waals surface area contributed by atoms with Gasteiger partial charge in [0.25, 0.3) is 0 Å². The minimum absolute atomic E-state index is 0.291. The zero-order valence-corrected chi connectivity index (χ0v) is 9.03. The Labute approximate surface area is 91.9 Å². The van der Waals surface area contributed by atoms with E-state index in [0.717, 1.165) is 35.5 Å². The molecule has 1 spiro atoms. The van der Waals surface area contributed by atoms with Gasteiger partial charge < -0.3 is 11.1 Å². The van der Waals surface area contributed by atoms with E-state index >= 15 is 0 Å². The number of nitrogens with one attached hydrogen (secondary N) is 1. The number of nitrogens with two attached hydrogens (primary N) is 1. The Morgan fingerprint density at radius 1 is 1.53 bits per heavy atom. The van der Waals surface area contributed by atoms with Crippen molar-refractivity contribution in [3.8, 4) is 6.07 Å². The number of nitrogens with zero attached hydrogens (tertiary/aromatic N) is 1. The highest BCUT2D eigenvalue weighted by molar-refractivity contribution is 7.16. The highest BCUT2D eigenvalue weighted by Gasteiger charge is 2.65. The molecule has 15 heavy (non-hydrogen) atoms. The van der Waals surface area contributed by atoms with Gasteiger partial charge >= 0.3 is 0 Å². The molecule has 1 saturated heterocycles. The third kappa shape index (κ3) is 0.704. The van der Waals surface area contributed by atoms with Crippen LogP contribution in [0, 0.1) is 17.2 Å². The number of hydrogen-bond donors (Lipinski definition) is 2. The predicted octanol–water partition coefficient (Wildman–Crippen LogP) is 1.16. The average Bonchev–Trinajstić information content (AvgIpc) is 2.78. The molecule has 2 atom stereocenters. The predicted molar refractivity (Wildman–Crippen MR) is 58.8 cm³/mol. The number of hydrogen-bond acceptors (Lipinski definition) is 4. The number of fused-ring (bicyclic) bond motifs is 5. The summed E-state index contributed by atoms with van der Waals surface area (Å²) in [5.74, 6) is 1.55. The molecule has 1 saturated carbocycles. The van der Waals surface area contributed by atoms with E-state index < -0.39 is 0 Å². The van der Waals surface area contributed by atoms with E-state index in [-0.39, 0.29) is 0 Å². The zero-order valence-electron chi connectivity index (χ0n) is 8.21. The zero-order chi connectivity index (χ0) is 10.2. The summed E-state index contributed by atoms with van der Waals surface area (Å²) < 4.78 is 0. The summed E-state index contributed by atoms with van der Waals surface area (Å²) in [7, 11) is 0. The third-order valence-electron chi connectivity index (χ3n) is 4.29. The Kier molecular flexibility index (Phi) is 1.20. The molecule has 1 aromatic rings. The Bertz CT molecular complexity index is 507. The molecule has 2 fully saturated rings. The summed E-state index contributed by atoms with van der Waals surface area (Å²) in [6.07, 6.45) is 1.32. The summed E-state index contributed by atoms with van der Waals surface area (Å²) in [6.45, 7) is 2.10. The van der Waals surface area contributed by atoms with Crippen LogP contribution in [0.15, 0.2) is 0 Å². The van der Waals surface area contributed by atoms with Crippen molar-refractivity contribution in [2.75, 3.05) is 18.8 Å². The molecular weight excluding hydrogens is 206 g/mol. The number of thiophene rings is 1. The quantitative estimate of drug-likeness (QED) is 0.685. The van der Waals surface area contributed by atoms with Crippen molar-refractivity contribution in [1.82, 2.24) is 5.32 Å². The molecule has 2 unspecified atom stereocenters. The van der Waals surface area contributed by atoms with Gasteiger partial charge in [-0.3, -0.25) is 0 Å². The molecular formula is C11H11N3S. The summed E-state index contributed by atoms with van der Waals surface area (Å²) in [5, 5.41) is 13.3. The maximum atomic E-state index is 9.18. The van der Waals surface area contributed by atoms with Crippen LogP contribution in [0.3, 0.4) is 0 Å². The van der Waals surface area contributed by atoms with Crippen LogP contribution in [-0.2, 0) is 5.41 Å². The summed E-state index contributed by atoms with van der Waals surface area (Å²) in [4.78, 5) is 1.43. The van der Waals surface area contributed by atoms with E-state index in [1.165, 1.54) is 16.9 Å². The molecule has 1 aromatic heterocycles. The van der Waals surface area contributed by atoms with Crippen molar-refractivity contribution in [1.29, 1.82) is 5.26 Å². The van der Waals surface area contributed by atoms with E-state index in [0.29, 0.717) is 5.41 Å². The van der Waals surface area contributed by atoms with Gasteiger partial charge in [0.1, 0.15) is 11.1 Å². The Morgan fingerprint density at radius 2 is 2.33 bits per heavy atom. The van der Waals surface area contributed by atoms with Crippen LogP contribution >= 0.6 is 11.3 Å². The molecule has 1 aliphatic heterocycles. The number of anilines is 1. The van der Waals surface area contributed by atoms with Crippen LogP contribution in [0.4, 0.5) is 5.00 Å². The molecule has 2 aliphatic carbocycles. The lowest BCUT2D eigenvalue weighted by Crippen LogP contribution is -2.57. The van der Waals surface area contributed by atoms with E-state index in [9.17, 15) is 5.26 Å². The van der Waals surface area contributed by atoms with Gasteiger partial charge in [-0.1, -0.05) is 0 Å². The van der Waals surface area contributed by atoms with Crippen LogP contribution in [0.25, 0.3) is 0 Å². The smallest absolute Gasteiger partial charge is 0.104 e. The van der Waals surface area contributed by atoms with Gasteiger partial charge in [-0.05, 0) is 23.8 Å². The first kappa shape index (κ1) is 8.14. The molecule has 2 heterocycles. The molecule has 0 bridgehead atoms. The van der Waals surface area contributed by atoms with Crippen molar-refractivity contribution in [3.05, 3.63) is 16.0 Å². The van der Waals surface area contributed by atoms with Crippen LogP contribution in [-0.4, -0.2) is 13.1 Å². The highest BCUT2D eigenvalue weighted by Crippen LogP contribution is 2.69. The summed E-state index contributed by atoms with van der Waals surface area (Å²) >= 11 is 1.66. The van der Waals surface area contributed by atoms with Crippen LogP contribution in [0.1, 0.15) is 28.3 Å². The standard InChI is InChI=1S/C11H11N3S/c12-2-6-8-9(15-10(6)13)5-1-7(5)11(8)3-14-4-11/h5,7,14H,1,3-4,13H2. The first-order valence-electron chi connectivity index (χ1n) is 5.31. The van der Waals surface area contributed by atoms with Gasteiger partial charge in [-0.2, -0.15) is 5.26 Å². The lowest BCUT2D eigenvalue weighted by Gasteiger charge is -2.42. The maximum Gasteiger partial charge on any atom is 0.104 e. The second-order valence-electron chi connectivity index (χ2n) is 4.90. The SMILES string of the molecule is N#Cc1c(N)sc2c1C1(CNC1)C1CC21. The van der Waals surface area contributed by atoms with Gasteiger partial charge in [-0.25, -0.2) is 0 Å². The largest absolute Gasteiger partial charge is 0.389 e. The maximum absolute atomic E-state index is 9.18. The first-order valence-corrected chi connectivity index (χ1v) is 6.13. The van der Waals surface area contributed by atoms with Gasteiger partial charge in [0.15, 0.2) is 0 Å². The Hall–Kier alpha value is -1.05. The number of rotatable bonds is 0. The van der Waals surface area contributed by atoms with Crippen LogP contribution in [0.2, 0.25) is 0 Å². The average molecular weight is 217 g/mol. The van der Waals surface area contributed by atoms with Gasteiger partial charge in [-0.15, -0.1) is 11.3 Å². The fraction of sp³-hybridized carbons (Fsp3) is 0.545. The Balaban J connectivity index is 2.01. The van der Waals surface area contributed by atoms with Crippen LogP contribution < -0.4 is 11.1 Å². The van der Waals surface area contributed by atoms with Crippen molar-refractivity contribution in [2.45, 2.75) is 17.8 Å². The minimum atomic E-state index is 0.291. The number of nitrogen functional groups attached to an aromatic ring is 1.